The quantitative estimate of drug-likeness (QED) is 0.414. The summed E-state index contributed by atoms with van der Waals surface area (Å²) in [7, 11) is 0. The fraction of sp³-hybridized carbons (Fsp3) is 1.00. The van der Waals surface area contributed by atoms with Gasteiger partial charge in [-0.25, -0.2) is 0 Å². The van der Waals surface area contributed by atoms with Crippen molar-refractivity contribution in [3.8, 4) is 0 Å². The third kappa shape index (κ3) is 15.5. The Morgan fingerprint density at radius 2 is 0.967 bits per heavy atom. The van der Waals surface area contributed by atoms with Crippen molar-refractivity contribution in [1.82, 2.24) is 9.80 Å². The van der Waals surface area contributed by atoms with Crippen molar-refractivity contribution in [1.29, 1.82) is 0 Å². The maximum absolute atomic E-state index is 5.86. The lowest BCUT2D eigenvalue weighted by Crippen LogP contribution is -2.40. The second-order valence-electron chi connectivity index (χ2n) is 8.87. The number of unbranched alkanes of at least 4 members (excludes halogenated alkanes) is 4. The predicted molar refractivity (Wildman–Crippen MR) is 128 cm³/mol. The molecule has 2 saturated heterocycles. The van der Waals surface area contributed by atoms with Gasteiger partial charge in [-0.3, -0.25) is 0 Å². The summed E-state index contributed by atoms with van der Waals surface area (Å²) in [6.07, 6.45) is 12.3. The van der Waals surface area contributed by atoms with E-state index in [1.54, 1.807) is 0 Å². The van der Waals surface area contributed by atoms with Crippen LogP contribution >= 0.6 is 0 Å². The predicted octanol–water partition coefficient (Wildman–Crippen LogP) is 3.23. The summed E-state index contributed by atoms with van der Waals surface area (Å²) in [4.78, 5) is 5.09. The van der Waals surface area contributed by atoms with Crippen molar-refractivity contribution in [2.45, 2.75) is 90.1 Å². The third-order valence-electron chi connectivity index (χ3n) is 6.20. The summed E-state index contributed by atoms with van der Waals surface area (Å²) < 4.78 is 10.6. The lowest BCUT2D eigenvalue weighted by molar-refractivity contribution is 0.140. The molecule has 0 aliphatic carbocycles. The van der Waals surface area contributed by atoms with Crippen LogP contribution in [0.5, 0.6) is 0 Å². The molecule has 2 aliphatic rings. The Balaban J connectivity index is 0.000000300. The minimum absolute atomic E-state index is 0.458. The zero-order chi connectivity index (χ0) is 21.9. The fourth-order valence-corrected chi connectivity index (χ4v) is 4.07. The molecule has 0 spiro atoms. The smallest absolute Gasteiger partial charge is 0.0465 e. The van der Waals surface area contributed by atoms with Crippen molar-refractivity contribution >= 4 is 0 Å². The number of likely N-dealkylation sites (tertiary alicyclic amines) is 2. The second kappa shape index (κ2) is 19.4. The lowest BCUT2D eigenvalue weighted by Gasteiger charge is -2.29. The lowest BCUT2D eigenvalue weighted by atomic mass is 10.1. The summed E-state index contributed by atoms with van der Waals surface area (Å²) in [5.41, 5.74) is 11.7. The highest BCUT2D eigenvalue weighted by Crippen LogP contribution is 2.10. The minimum Gasteiger partial charge on any atom is -0.382 e. The number of rotatable bonds is 14. The van der Waals surface area contributed by atoms with Crippen molar-refractivity contribution in [2.75, 3.05) is 65.7 Å². The molecule has 0 radical (unpaired) electrons. The molecule has 2 aliphatic heterocycles. The van der Waals surface area contributed by atoms with Gasteiger partial charge in [0.05, 0.1) is 0 Å². The van der Waals surface area contributed by atoms with Crippen LogP contribution < -0.4 is 11.5 Å². The Morgan fingerprint density at radius 1 is 0.600 bits per heavy atom. The SMILES string of the molecule is CCOCCCCCN1CCC(N)CC1.CCOCCCCCN1CCC(N)CC1. The third-order valence-corrected chi connectivity index (χ3v) is 6.20. The molecule has 2 rings (SSSR count). The first-order valence-electron chi connectivity index (χ1n) is 12.8. The van der Waals surface area contributed by atoms with Crippen LogP contribution in [0.4, 0.5) is 0 Å². The van der Waals surface area contributed by atoms with Crippen LogP contribution in [0.3, 0.4) is 0 Å². The molecule has 2 heterocycles. The number of nitrogens with two attached hydrogens (primary N) is 2. The van der Waals surface area contributed by atoms with Gasteiger partial charge in [0.1, 0.15) is 0 Å². The molecule has 30 heavy (non-hydrogen) atoms. The molecule has 180 valence electrons. The van der Waals surface area contributed by atoms with E-state index in [2.05, 4.69) is 23.6 Å². The molecule has 0 unspecified atom stereocenters. The van der Waals surface area contributed by atoms with Crippen molar-refractivity contribution in [2.24, 2.45) is 11.5 Å². The van der Waals surface area contributed by atoms with E-state index in [4.69, 9.17) is 20.9 Å². The second-order valence-corrected chi connectivity index (χ2v) is 8.87. The van der Waals surface area contributed by atoms with Crippen LogP contribution in [-0.2, 0) is 9.47 Å². The van der Waals surface area contributed by atoms with Gasteiger partial charge in [0.2, 0.25) is 0 Å². The van der Waals surface area contributed by atoms with Gasteiger partial charge in [0.15, 0.2) is 0 Å². The van der Waals surface area contributed by atoms with Gasteiger partial charge >= 0.3 is 0 Å². The Hall–Kier alpha value is -0.240. The van der Waals surface area contributed by atoms with Crippen LogP contribution in [0, 0.1) is 0 Å². The first-order valence-corrected chi connectivity index (χ1v) is 12.8. The molecule has 0 aromatic heterocycles. The molecule has 0 bridgehead atoms. The van der Waals surface area contributed by atoms with Crippen LogP contribution in [0.2, 0.25) is 0 Å². The highest BCUT2D eigenvalue weighted by Gasteiger charge is 2.15. The average molecular weight is 429 g/mol. The van der Waals surface area contributed by atoms with E-state index in [0.717, 1.165) is 26.4 Å². The van der Waals surface area contributed by atoms with E-state index >= 15 is 0 Å². The van der Waals surface area contributed by atoms with Crippen LogP contribution in [0.15, 0.2) is 0 Å². The highest BCUT2D eigenvalue weighted by molar-refractivity contribution is 4.74. The van der Waals surface area contributed by atoms with Crippen LogP contribution in [0.1, 0.15) is 78.1 Å². The maximum Gasteiger partial charge on any atom is 0.0465 e. The standard InChI is InChI=1S/2C12H26N2O/c2*1-2-15-11-5-3-4-8-14-9-6-12(13)7-10-14/h2*12H,2-11,13H2,1H3. The molecular formula is C24H52N4O2. The van der Waals surface area contributed by atoms with Gasteiger partial charge in [-0.1, -0.05) is 0 Å². The molecule has 0 atom stereocenters. The monoisotopic (exact) mass is 428 g/mol. The molecule has 0 aromatic rings. The van der Waals surface area contributed by atoms with E-state index in [1.807, 2.05) is 0 Å². The van der Waals surface area contributed by atoms with E-state index in [-0.39, 0.29) is 0 Å². The molecule has 0 saturated carbocycles. The molecule has 4 N–H and O–H groups in total. The Bertz CT molecular complexity index is 323. The number of hydrogen-bond donors (Lipinski definition) is 2. The summed E-state index contributed by atoms with van der Waals surface area (Å²) in [5.74, 6) is 0. The molecule has 2 fully saturated rings. The first kappa shape index (κ1) is 27.8. The van der Waals surface area contributed by atoms with Crippen molar-refractivity contribution < 1.29 is 9.47 Å². The van der Waals surface area contributed by atoms with Crippen LogP contribution in [0.25, 0.3) is 0 Å². The average Bonchev–Trinajstić information content (AvgIpc) is 2.76. The number of hydrogen-bond acceptors (Lipinski definition) is 6. The van der Waals surface area contributed by atoms with Gasteiger partial charge in [0, 0.05) is 38.5 Å². The van der Waals surface area contributed by atoms with Gasteiger partial charge in [-0.15, -0.1) is 0 Å². The number of ether oxygens (including phenoxy) is 2. The van der Waals surface area contributed by atoms with Crippen LogP contribution in [-0.4, -0.2) is 87.6 Å². The summed E-state index contributed by atoms with van der Waals surface area (Å²) in [5, 5.41) is 0. The van der Waals surface area contributed by atoms with Crippen molar-refractivity contribution in [3.05, 3.63) is 0 Å². The van der Waals surface area contributed by atoms with E-state index in [9.17, 15) is 0 Å². The number of nitrogens with zero attached hydrogens (tertiary/aromatic N) is 2. The number of piperidine rings is 2. The van der Waals surface area contributed by atoms with Crippen molar-refractivity contribution in [3.63, 3.8) is 0 Å². The Kier molecular flexibility index (Phi) is 18.0. The van der Waals surface area contributed by atoms with E-state index in [0.29, 0.717) is 12.1 Å². The highest BCUT2D eigenvalue weighted by atomic mass is 16.5. The van der Waals surface area contributed by atoms with Gasteiger partial charge < -0.3 is 30.7 Å². The molecular weight excluding hydrogens is 376 g/mol. The Labute approximate surface area is 187 Å². The normalized spacial score (nSPS) is 19.6. The summed E-state index contributed by atoms with van der Waals surface area (Å²) in [6, 6.07) is 0.915. The largest absolute Gasteiger partial charge is 0.382 e. The maximum atomic E-state index is 5.86. The topological polar surface area (TPSA) is 77.0 Å². The molecule has 6 heteroatoms. The van der Waals surface area contributed by atoms with Gasteiger partial charge in [-0.2, -0.15) is 0 Å². The molecule has 6 nitrogen and oxygen atoms in total. The summed E-state index contributed by atoms with van der Waals surface area (Å²) >= 11 is 0. The van der Waals surface area contributed by atoms with E-state index < -0.39 is 0 Å². The molecule has 0 amide bonds. The zero-order valence-electron chi connectivity index (χ0n) is 20.2. The minimum atomic E-state index is 0.458. The van der Waals surface area contributed by atoms with E-state index in [1.165, 1.54) is 103 Å². The fourth-order valence-electron chi connectivity index (χ4n) is 4.07. The Morgan fingerprint density at radius 3 is 1.30 bits per heavy atom. The zero-order valence-corrected chi connectivity index (χ0v) is 20.2. The van der Waals surface area contributed by atoms with Gasteiger partial charge in [0.25, 0.3) is 0 Å². The molecule has 0 aromatic carbocycles. The van der Waals surface area contributed by atoms with Gasteiger partial charge in [-0.05, 0) is 117 Å². The first-order chi connectivity index (χ1) is 14.7. The summed E-state index contributed by atoms with van der Waals surface area (Å²) in [6.45, 7) is 15.0.